The summed E-state index contributed by atoms with van der Waals surface area (Å²) in [6.45, 7) is 6.28. The molecule has 1 fully saturated rings. The molecule has 21 heavy (non-hydrogen) atoms. The van der Waals surface area contributed by atoms with Gasteiger partial charge in [0.15, 0.2) is 5.82 Å². The van der Waals surface area contributed by atoms with Gasteiger partial charge in [-0.05, 0) is 32.0 Å². The Kier molecular flexibility index (Phi) is 4.40. The van der Waals surface area contributed by atoms with E-state index in [2.05, 4.69) is 37.5 Å². The SMILES string of the molecule is Cc1nnc(Cc2ccccc2)c(NCCN2CCC2)n1. The van der Waals surface area contributed by atoms with Crippen LogP contribution in [0.3, 0.4) is 0 Å². The molecule has 2 heterocycles. The molecule has 1 aliphatic heterocycles. The molecule has 0 unspecified atom stereocenters. The Morgan fingerprint density at radius 3 is 2.67 bits per heavy atom. The minimum absolute atomic E-state index is 0.707. The maximum atomic E-state index is 4.51. The molecule has 1 aliphatic rings. The van der Waals surface area contributed by atoms with Crippen molar-refractivity contribution in [1.29, 1.82) is 0 Å². The molecule has 1 aromatic heterocycles. The van der Waals surface area contributed by atoms with Crippen LogP contribution in [0.1, 0.15) is 23.5 Å². The molecule has 5 heteroatoms. The molecule has 0 atom stereocenters. The van der Waals surface area contributed by atoms with Crippen molar-refractivity contribution in [2.45, 2.75) is 19.8 Å². The summed E-state index contributed by atoms with van der Waals surface area (Å²) in [6, 6.07) is 10.3. The van der Waals surface area contributed by atoms with E-state index < -0.39 is 0 Å². The van der Waals surface area contributed by atoms with Gasteiger partial charge >= 0.3 is 0 Å². The highest BCUT2D eigenvalue weighted by Gasteiger charge is 2.13. The lowest BCUT2D eigenvalue weighted by Gasteiger charge is -2.30. The number of benzene rings is 1. The maximum absolute atomic E-state index is 4.51. The second-order valence-corrected chi connectivity index (χ2v) is 5.44. The molecule has 0 radical (unpaired) electrons. The van der Waals surface area contributed by atoms with Crippen molar-refractivity contribution in [2.24, 2.45) is 0 Å². The Morgan fingerprint density at radius 2 is 1.95 bits per heavy atom. The molecule has 1 N–H and O–H groups in total. The van der Waals surface area contributed by atoms with Gasteiger partial charge in [0.1, 0.15) is 11.5 Å². The number of nitrogens with one attached hydrogen (secondary N) is 1. The molecule has 1 saturated heterocycles. The zero-order valence-electron chi connectivity index (χ0n) is 12.4. The van der Waals surface area contributed by atoms with E-state index in [1.165, 1.54) is 25.1 Å². The van der Waals surface area contributed by atoms with E-state index in [1.807, 2.05) is 25.1 Å². The van der Waals surface area contributed by atoms with Crippen LogP contribution < -0.4 is 5.32 Å². The van der Waals surface area contributed by atoms with Crippen LogP contribution in [-0.2, 0) is 6.42 Å². The van der Waals surface area contributed by atoms with Gasteiger partial charge in [-0.3, -0.25) is 0 Å². The van der Waals surface area contributed by atoms with Gasteiger partial charge in [-0.1, -0.05) is 30.3 Å². The number of anilines is 1. The number of aromatic nitrogens is 3. The smallest absolute Gasteiger partial charge is 0.152 e. The standard InChI is InChI=1S/C16H21N5/c1-13-18-16(17-8-11-21-9-5-10-21)15(20-19-13)12-14-6-3-2-4-7-14/h2-4,6-7H,5,8-12H2,1H3,(H,17,18,19). The summed E-state index contributed by atoms with van der Waals surface area (Å²) in [4.78, 5) is 6.94. The van der Waals surface area contributed by atoms with E-state index in [9.17, 15) is 0 Å². The molecular formula is C16H21N5. The van der Waals surface area contributed by atoms with E-state index in [1.54, 1.807) is 0 Å². The van der Waals surface area contributed by atoms with Crippen LogP contribution in [-0.4, -0.2) is 46.3 Å². The molecule has 1 aromatic carbocycles. The highest BCUT2D eigenvalue weighted by molar-refractivity contribution is 5.42. The lowest BCUT2D eigenvalue weighted by molar-refractivity contribution is 0.189. The van der Waals surface area contributed by atoms with Gasteiger partial charge < -0.3 is 10.2 Å². The molecule has 0 bridgehead atoms. The topological polar surface area (TPSA) is 53.9 Å². The summed E-state index contributed by atoms with van der Waals surface area (Å²) in [6.07, 6.45) is 2.08. The van der Waals surface area contributed by atoms with Gasteiger partial charge in [0, 0.05) is 19.5 Å². The van der Waals surface area contributed by atoms with E-state index in [0.717, 1.165) is 31.0 Å². The van der Waals surface area contributed by atoms with Gasteiger partial charge in [-0.2, -0.15) is 0 Å². The van der Waals surface area contributed by atoms with Gasteiger partial charge in [-0.25, -0.2) is 4.98 Å². The van der Waals surface area contributed by atoms with Crippen LogP contribution in [0.15, 0.2) is 30.3 Å². The minimum atomic E-state index is 0.707. The molecule has 0 aliphatic carbocycles. The normalized spacial score (nSPS) is 14.7. The highest BCUT2D eigenvalue weighted by Crippen LogP contribution is 2.14. The lowest BCUT2D eigenvalue weighted by Crippen LogP contribution is -2.40. The molecule has 0 amide bonds. The number of rotatable bonds is 6. The fraction of sp³-hybridized carbons (Fsp3) is 0.438. The average Bonchev–Trinajstić information content (AvgIpc) is 2.45. The highest BCUT2D eigenvalue weighted by atomic mass is 15.2. The quantitative estimate of drug-likeness (QED) is 0.877. The molecule has 0 saturated carbocycles. The van der Waals surface area contributed by atoms with Gasteiger partial charge in [0.05, 0.1) is 0 Å². The minimum Gasteiger partial charge on any atom is -0.367 e. The van der Waals surface area contributed by atoms with E-state index in [0.29, 0.717) is 5.82 Å². The molecule has 110 valence electrons. The first kappa shape index (κ1) is 13.9. The Morgan fingerprint density at radius 1 is 1.14 bits per heavy atom. The summed E-state index contributed by atoms with van der Waals surface area (Å²) < 4.78 is 0. The Hall–Kier alpha value is -2.01. The predicted molar refractivity (Wildman–Crippen MR) is 83.4 cm³/mol. The second-order valence-electron chi connectivity index (χ2n) is 5.44. The van der Waals surface area contributed by atoms with E-state index in [-0.39, 0.29) is 0 Å². The number of hydrogen-bond acceptors (Lipinski definition) is 5. The van der Waals surface area contributed by atoms with Crippen LogP contribution in [0.4, 0.5) is 5.82 Å². The summed E-state index contributed by atoms with van der Waals surface area (Å²) in [7, 11) is 0. The van der Waals surface area contributed by atoms with Crippen LogP contribution in [0.25, 0.3) is 0 Å². The van der Waals surface area contributed by atoms with Crippen molar-refractivity contribution in [3.8, 4) is 0 Å². The Balaban J connectivity index is 1.67. The number of nitrogens with zero attached hydrogens (tertiary/aromatic N) is 4. The van der Waals surface area contributed by atoms with Crippen molar-refractivity contribution in [3.05, 3.63) is 47.4 Å². The molecule has 3 rings (SSSR count). The monoisotopic (exact) mass is 283 g/mol. The lowest BCUT2D eigenvalue weighted by atomic mass is 10.1. The zero-order chi connectivity index (χ0) is 14.5. The summed E-state index contributed by atoms with van der Waals surface area (Å²) in [5.74, 6) is 1.57. The van der Waals surface area contributed by atoms with E-state index in [4.69, 9.17) is 0 Å². The van der Waals surface area contributed by atoms with Crippen molar-refractivity contribution >= 4 is 5.82 Å². The Labute approximate surface area is 125 Å². The van der Waals surface area contributed by atoms with Crippen LogP contribution >= 0.6 is 0 Å². The van der Waals surface area contributed by atoms with Crippen LogP contribution in [0.5, 0.6) is 0 Å². The average molecular weight is 283 g/mol. The predicted octanol–water partition coefficient (Wildman–Crippen LogP) is 1.89. The zero-order valence-corrected chi connectivity index (χ0v) is 12.4. The third-order valence-corrected chi connectivity index (χ3v) is 3.75. The van der Waals surface area contributed by atoms with Crippen molar-refractivity contribution in [3.63, 3.8) is 0 Å². The van der Waals surface area contributed by atoms with E-state index >= 15 is 0 Å². The second kappa shape index (κ2) is 6.63. The molecular weight excluding hydrogens is 262 g/mol. The number of hydrogen-bond donors (Lipinski definition) is 1. The first-order valence-corrected chi connectivity index (χ1v) is 7.51. The molecule has 0 spiro atoms. The van der Waals surface area contributed by atoms with Crippen LogP contribution in [0, 0.1) is 6.92 Å². The molecule has 5 nitrogen and oxygen atoms in total. The van der Waals surface area contributed by atoms with Gasteiger partial charge in [0.25, 0.3) is 0 Å². The first-order valence-electron chi connectivity index (χ1n) is 7.51. The fourth-order valence-corrected chi connectivity index (χ4v) is 2.42. The number of aryl methyl sites for hydroxylation is 1. The summed E-state index contributed by atoms with van der Waals surface area (Å²) in [5.41, 5.74) is 2.14. The maximum Gasteiger partial charge on any atom is 0.152 e. The fourth-order valence-electron chi connectivity index (χ4n) is 2.42. The third kappa shape index (κ3) is 3.76. The van der Waals surface area contributed by atoms with Crippen molar-refractivity contribution in [1.82, 2.24) is 20.1 Å². The van der Waals surface area contributed by atoms with Gasteiger partial charge in [-0.15, -0.1) is 10.2 Å². The summed E-state index contributed by atoms with van der Waals surface area (Å²) >= 11 is 0. The van der Waals surface area contributed by atoms with Crippen molar-refractivity contribution < 1.29 is 0 Å². The number of likely N-dealkylation sites (tertiary alicyclic amines) is 1. The van der Waals surface area contributed by atoms with Crippen molar-refractivity contribution in [2.75, 3.05) is 31.5 Å². The third-order valence-electron chi connectivity index (χ3n) is 3.75. The van der Waals surface area contributed by atoms with Gasteiger partial charge in [0.2, 0.25) is 0 Å². The largest absolute Gasteiger partial charge is 0.367 e. The molecule has 2 aromatic rings. The van der Waals surface area contributed by atoms with Crippen LogP contribution in [0.2, 0.25) is 0 Å². The first-order chi connectivity index (χ1) is 10.3. The Bertz CT molecular complexity index is 580. The summed E-state index contributed by atoms with van der Waals surface area (Å²) in [5, 5.41) is 11.8.